The standard InChI is InChI=1S/C72H140O17P2/c1-8-9-10-11-12-22-32-39-46-53-69(74)82-59-68(89-72(77)56-49-42-35-28-27-31-38-45-52-65(6)7)62-87-91(80,81)85-58-66(73)57-84-90(78,79)86-61-67(60-83-70(75)54-47-40-33-26-21-24-30-37-44-51-64(4)5)88-71(76)55-48-41-34-25-20-18-16-14-13-15-17-19-23-29-36-43-50-63(2)3/h63-68,73H,8-62H2,1-7H3,(H,78,79)(H,80,81)/t66-,67-,68-/m1/s1. The van der Waals surface area contributed by atoms with Crippen molar-refractivity contribution in [2.24, 2.45) is 17.8 Å². The Bertz CT molecular complexity index is 1780. The van der Waals surface area contributed by atoms with E-state index < -0.39 is 97.5 Å². The molecule has 0 aromatic rings. The number of carbonyl (C=O) groups is 4. The molecule has 0 rings (SSSR count). The molecule has 0 saturated carbocycles. The molecule has 0 aliphatic carbocycles. The Kier molecular flexibility index (Phi) is 61.5. The first-order valence-corrected chi connectivity index (χ1v) is 40.3. The predicted octanol–water partition coefficient (Wildman–Crippen LogP) is 20.6. The van der Waals surface area contributed by atoms with Gasteiger partial charge in [-0.2, -0.15) is 0 Å². The van der Waals surface area contributed by atoms with Crippen LogP contribution in [0.25, 0.3) is 0 Å². The number of rotatable bonds is 70. The first-order chi connectivity index (χ1) is 43.7. The molecular formula is C72H140O17P2. The fourth-order valence-corrected chi connectivity index (χ4v) is 12.5. The SMILES string of the molecule is CCCCCCCCCCCC(=O)OC[C@H](COP(=O)(O)OC[C@H](O)COP(=O)(O)OC[C@@H](COC(=O)CCCCCCCCCCCC(C)C)OC(=O)CCCCCCCCCCCCCCCCCCC(C)C)OC(=O)CCCCCCCCCCC(C)C. The van der Waals surface area contributed by atoms with Crippen LogP contribution in [0.15, 0.2) is 0 Å². The zero-order valence-electron chi connectivity index (χ0n) is 59.3. The van der Waals surface area contributed by atoms with Crippen LogP contribution >= 0.6 is 15.6 Å². The first-order valence-electron chi connectivity index (χ1n) is 37.3. The maximum atomic E-state index is 13.0. The number of hydrogen-bond donors (Lipinski definition) is 3. The van der Waals surface area contributed by atoms with Crippen molar-refractivity contribution in [1.29, 1.82) is 0 Å². The summed E-state index contributed by atoms with van der Waals surface area (Å²) in [7, 11) is -9.90. The van der Waals surface area contributed by atoms with E-state index in [9.17, 15) is 43.2 Å². The summed E-state index contributed by atoms with van der Waals surface area (Å²) < 4.78 is 68.3. The smallest absolute Gasteiger partial charge is 0.462 e. The summed E-state index contributed by atoms with van der Waals surface area (Å²) in [6, 6.07) is 0. The lowest BCUT2D eigenvalue weighted by atomic mass is 10.0. The number of carbonyl (C=O) groups excluding carboxylic acids is 4. The molecule has 0 amide bonds. The average Bonchev–Trinajstić information content (AvgIpc) is 3.60. The molecule has 17 nitrogen and oxygen atoms in total. The Morgan fingerprint density at radius 3 is 0.747 bits per heavy atom. The van der Waals surface area contributed by atoms with Gasteiger partial charge in [0.1, 0.15) is 19.3 Å². The molecule has 0 fully saturated rings. The third-order valence-corrected chi connectivity index (χ3v) is 18.5. The van der Waals surface area contributed by atoms with Gasteiger partial charge in [0.25, 0.3) is 0 Å². The fraction of sp³-hybridized carbons (Fsp3) is 0.944. The third kappa shape index (κ3) is 66.5. The minimum atomic E-state index is -4.95. The second-order valence-electron chi connectivity index (χ2n) is 27.4. The van der Waals surface area contributed by atoms with E-state index in [1.54, 1.807) is 0 Å². The monoisotopic (exact) mass is 1340 g/mol. The lowest BCUT2D eigenvalue weighted by molar-refractivity contribution is -0.161. The van der Waals surface area contributed by atoms with Gasteiger partial charge in [0.15, 0.2) is 12.2 Å². The van der Waals surface area contributed by atoms with Crippen LogP contribution in [-0.2, 0) is 65.4 Å². The van der Waals surface area contributed by atoms with Crippen LogP contribution in [0.3, 0.4) is 0 Å². The molecule has 0 aromatic heterocycles. The Morgan fingerprint density at radius 1 is 0.297 bits per heavy atom. The number of phosphoric ester groups is 2. The molecule has 5 atom stereocenters. The lowest BCUT2D eigenvalue weighted by Gasteiger charge is -2.21. The van der Waals surface area contributed by atoms with Gasteiger partial charge >= 0.3 is 39.5 Å². The van der Waals surface area contributed by atoms with Gasteiger partial charge in [-0.15, -0.1) is 0 Å². The van der Waals surface area contributed by atoms with E-state index in [1.807, 2.05) is 0 Å². The highest BCUT2D eigenvalue weighted by Crippen LogP contribution is 2.45. The molecule has 540 valence electrons. The van der Waals surface area contributed by atoms with Gasteiger partial charge in [-0.1, -0.05) is 312 Å². The Balaban J connectivity index is 5.21. The van der Waals surface area contributed by atoms with Crippen molar-refractivity contribution in [1.82, 2.24) is 0 Å². The number of unbranched alkanes of at least 4 members (excludes halogenated alkanes) is 38. The Hall–Kier alpha value is -1.94. The summed E-state index contributed by atoms with van der Waals surface area (Å²) in [5.74, 6) is 0.145. The molecule has 0 spiro atoms. The second kappa shape index (κ2) is 62.8. The van der Waals surface area contributed by atoms with Crippen LogP contribution < -0.4 is 0 Å². The van der Waals surface area contributed by atoms with E-state index in [2.05, 4.69) is 48.5 Å². The largest absolute Gasteiger partial charge is 0.472 e. The zero-order valence-corrected chi connectivity index (χ0v) is 61.1. The fourth-order valence-electron chi connectivity index (χ4n) is 10.9. The zero-order chi connectivity index (χ0) is 67.3. The Labute approximate surface area is 556 Å². The molecule has 0 aliphatic rings. The van der Waals surface area contributed by atoms with Gasteiger partial charge in [0.2, 0.25) is 0 Å². The van der Waals surface area contributed by atoms with E-state index in [1.165, 1.54) is 173 Å². The highest BCUT2D eigenvalue weighted by molar-refractivity contribution is 7.47. The number of phosphoric acid groups is 2. The first kappa shape index (κ1) is 89.1. The Morgan fingerprint density at radius 2 is 0.505 bits per heavy atom. The molecular weight excluding hydrogens is 1200 g/mol. The number of aliphatic hydroxyl groups excluding tert-OH is 1. The number of aliphatic hydroxyl groups is 1. The van der Waals surface area contributed by atoms with Crippen molar-refractivity contribution in [2.45, 2.75) is 381 Å². The van der Waals surface area contributed by atoms with Gasteiger partial charge in [-0.25, -0.2) is 9.13 Å². The normalized spacial score (nSPS) is 14.2. The van der Waals surface area contributed by atoms with Crippen LogP contribution in [0.2, 0.25) is 0 Å². The highest BCUT2D eigenvalue weighted by Gasteiger charge is 2.30. The highest BCUT2D eigenvalue weighted by atomic mass is 31.2. The summed E-state index contributed by atoms with van der Waals surface area (Å²) in [5.41, 5.74) is 0. The molecule has 91 heavy (non-hydrogen) atoms. The minimum Gasteiger partial charge on any atom is -0.462 e. The van der Waals surface area contributed by atoms with E-state index in [0.29, 0.717) is 25.7 Å². The van der Waals surface area contributed by atoms with Crippen molar-refractivity contribution in [3.05, 3.63) is 0 Å². The van der Waals surface area contributed by atoms with E-state index in [4.69, 9.17) is 37.0 Å². The molecule has 0 bridgehead atoms. The molecule has 3 N–H and O–H groups in total. The second-order valence-corrected chi connectivity index (χ2v) is 30.3. The van der Waals surface area contributed by atoms with Crippen molar-refractivity contribution < 1.29 is 80.2 Å². The predicted molar refractivity (Wildman–Crippen MR) is 368 cm³/mol. The number of hydrogen-bond acceptors (Lipinski definition) is 15. The molecule has 0 heterocycles. The quantitative estimate of drug-likeness (QED) is 0.0222. The van der Waals surface area contributed by atoms with Crippen LogP contribution in [0, 0.1) is 17.8 Å². The van der Waals surface area contributed by atoms with Crippen molar-refractivity contribution in [3.63, 3.8) is 0 Å². The van der Waals surface area contributed by atoms with Crippen molar-refractivity contribution >= 4 is 39.5 Å². The average molecular weight is 1340 g/mol. The van der Waals surface area contributed by atoms with Gasteiger partial charge in [-0.3, -0.25) is 37.3 Å². The van der Waals surface area contributed by atoms with Crippen molar-refractivity contribution in [3.8, 4) is 0 Å². The van der Waals surface area contributed by atoms with E-state index in [-0.39, 0.29) is 25.7 Å². The summed E-state index contributed by atoms with van der Waals surface area (Å²) in [4.78, 5) is 72.5. The summed E-state index contributed by atoms with van der Waals surface area (Å²) >= 11 is 0. The van der Waals surface area contributed by atoms with Gasteiger partial charge < -0.3 is 33.8 Å². The molecule has 19 heteroatoms. The topological polar surface area (TPSA) is 237 Å². The van der Waals surface area contributed by atoms with Gasteiger partial charge in [0.05, 0.1) is 26.4 Å². The van der Waals surface area contributed by atoms with Crippen molar-refractivity contribution in [2.75, 3.05) is 39.6 Å². The number of ether oxygens (including phenoxy) is 4. The minimum absolute atomic E-state index is 0.104. The molecule has 0 aliphatic heterocycles. The van der Waals surface area contributed by atoms with Crippen LogP contribution in [-0.4, -0.2) is 96.7 Å². The third-order valence-electron chi connectivity index (χ3n) is 16.6. The molecule has 0 aromatic carbocycles. The number of esters is 4. The van der Waals surface area contributed by atoms with Crippen LogP contribution in [0.1, 0.15) is 363 Å². The van der Waals surface area contributed by atoms with E-state index in [0.717, 1.165) is 108 Å². The summed E-state index contributed by atoms with van der Waals surface area (Å²) in [6.45, 7) is 11.8. The van der Waals surface area contributed by atoms with Gasteiger partial charge in [0, 0.05) is 25.7 Å². The van der Waals surface area contributed by atoms with Gasteiger partial charge in [-0.05, 0) is 43.4 Å². The van der Waals surface area contributed by atoms with E-state index >= 15 is 0 Å². The van der Waals surface area contributed by atoms with Crippen LogP contribution in [0.4, 0.5) is 0 Å². The molecule has 0 saturated heterocycles. The molecule has 2 unspecified atom stereocenters. The maximum Gasteiger partial charge on any atom is 0.472 e. The maximum absolute atomic E-state index is 13.0. The van der Waals surface area contributed by atoms with Crippen LogP contribution in [0.5, 0.6) is 0 Å². The summed E-state index contributed by atoms with van der Waals surface area (Å²) in [5, 5.41) is 10.6. The lowest BCUT2D eigenvalue weighted by Crippen LogP contribution is -2.30. The summed E-state index contributed by atoms with van der Waals surface area (Å²) in [6.07, 6.45) is 47.3. The molecule has 0 radical (unpaired) electrons.